The van der Waals surface area contributed by atoms with Crippen LogP contribution in [0.2, 0.25) is 5.02 Å². The first-order chi connectivity index (χ1) is 7.25. The molecule has 2 rings (SSSR count). The Hall–Kier alpha value is -0.860. The van der Waals surface area contributed by atoms with Crippen LogP contribution >= 0.6 is 11.6 Å². The molecule has 1 heterocycles. The van der Waals surface area contributed by atoms with Gasteiger partial charge >= 0.3 is 0 Å². The molecule has 0 amide bonds. The number of Topliss-reactive ketones (excluding diaryl/α,β-unsaturated/α-hetero) is 1. The van der Waals surface area contributed by atoms with E-state index in [9.17, 15) is 4.79 Å². The number of benzene rings is 1. The first-order valence-electron chi connectivity index (χ1n) is 5.16. The smallest absolute Gasteiger partial charge is 0.165 e. The average molecular weight is 225 g/mol. The van der Waals surface area contributed by atoms with Gasteiger partial charge < -0.3 is 4.74 Å². The Labute approximate surface area is 94.2 Å². The van der Waals surface area contributed by atoms with Crippen LogP contribution in [-0.4, -0.2) is 18.5 Å². The van der Waals surface area contributed by atoms with Gasteiger partial charge in [-0.2, -0.15) is 0 Å². The Morgan fingerprint density at radius 3 is 3.07 bits per heavy atom. The summed E-state index contributed by atoms with van der Waals surface area (Å²) in [6.45, 7) is 0.785. The van der Waals surface area contributed by atoms with Gasteiger partial charge in [0.15, 0.2) is 5.78 Å². The van der Waals surface area contributed by atoms with Gasteiger partial charge in [-0.25, -0.2) is 0 Å². The zero-order valence-corrected chi connectivity index (χ0v) is 9.17. The Kier molecular flexibility index (Phi) is 3.39. The molecule has 0 spiro atoms. The maximum Gasteiger partial charge on any atom is 0.165 e. The Balaban J connectivity index is 2.01. The molecule has 0 aliphatic carbocycles. The third kappa shape index (κ3) is 2.80. The molecule has 1 unspecified atom stereocenters. The van der Waals surface area contributed by atoms with E-state index in [0.29, 0.717) is 17.0 Å². The molecule has 1 atom stereocenters. The quantitative estimate of drug-likeness (QED) is 0.738. The van der Waals surface area contributed by atoms with Crippen molar-refractivity contribution in [2.75, 3.05) is 6.61 Å². The number of ketones is 1. The minimum atomic E-state index is 0.108. The van der Waals surface area contributed by atoms with Gasteiger partial charge in [0.05, 0.1) is 6.10 Å². The second kappa shape index (κ2) is 4.77. The highest BCUT2D eigenvalue weighted by Gasteiger charge is 2.19. The minimum Gasteiger partial charge on any atom is -0.378 e. The topological polar surface area (TPSA) is 26.3 Å². The van der Waals surface area contributed by atoms with Crippen LogP contribution in [0.3, 0.4) is 0 Å². The van der Waals surface area contributed by atoms with Crippen molar-refractivity contribution in [3.05, 3.63) is 34.9 Å². The molecule has 1 aliphatic heterocycles. The maximum atomic E-state index is 11.8. The number of rotatable bonds is 3. The normalized spacial score (nSPS) is 20.5. The number of carbonyl (C=O) groups excluding carboxylic acids is 1. The van der Waals surface area contributed by atoms with Crippen LogP contribution in [0.1, 0.15) is 29.6 Å². The van der Waals surface area contributed by atoms with E-state index in [0.717, 1.165) is 19.4 Å². The van der Waals surface area contributed by atoms with Gasteiger partial charge in [-0.3, -0.25) is 4.79 Å². The monoisotopic (exact) mass is 224 g/mol. The van der Waals surface area contributed by atoms with Gasteiger partial charge in [0.1, 0.15) is 0 Å². The van der Waals surface area contributed by atoms with E-state index in [1.165, 1.54) is 0 Å². The van der Waals surface area contributed by atoms with E-state index < -0.39 is 0 Å². The summed E-state index contributed by atoms with van der Waals surface area (Å²) in [5, 5.41) is 0.605. The van der Waals surface area contributed by atoms with Crippen LogP contribution in [0.4, 0.5) is 0 Å². The fourth-order valence-corrected chi connectivity index (χ4v) is 1.98. The van der Waals surface area contributed by atoms with Crippen LogP contribution in [0.25, 0.3) is 0 Å². The summed E-state index contributed by atoms with van der Waals surface area (Å²) in [4.78, 5) is 11.8. The second-order valence-corrected chi connectivity index (χ2v) is 4.21. The summed E-state index contributed by atoms with van der Waals surface area (Å²) in [6, 6.07) is 7.07. The number of hydrogen-bond acceptors (Lipinski definition) is 2. The molecule has 2 nitrogen and oxygen atoms in total. The van der Waals surface area contributed by atoms with Gasteiger partial charge in [-0.15, -0.1) is 0 Å². The van der Waals surface area contributed by atoms with E-state index in [2.05, 4.69) is 0 Å². The summed E-state index contributed by atoms with van der Waals surface area (Å²) in [7, 11) is 0. The largest absolute Gasteiger partial charge is 0.378 e. The predicted molar refractivity (Wildman–Crippen MR) is 59.4 cm³/mol. The lowest BCUT2D eigenvalue weighted by Crippen LogP contribution is -2.12. The Morgan fingerprint density at radius 1 is 1.53 bits per heavy atom. The van der Waals surface area contributed by atoms with Crippen molar-refractivity contribution in [2.24, 2.45) is 0 Å². The van der Waals surface area contributed by atoms with Crippen molar-refractivity contribution >= 4 is 17.4 Å². The minimum absolute atomic E-state index is 0.108. The summed E-state index contributed by atoms with van der Waals surface area (Å²) in [5.41, 5.74) is 0.679. The van der Waals surface area contributed by atoms with Crippen LogP contribution in [0.5, 0.6) is 0 Å². The van der Waals surface area contributed by atoms with Gasteiger partial charge in [-0.1, -0.05) is 23.7 Å². The van der Waals surface area contributed by atoms with E-state index >= 15 is 0 Å². The molecule has 1 aromatic carbocycles. The third-order valence-corrected chi connectivity index (χ3v) is 2.82. The predicted octanol–water partition coefficient (Wildman–Crippen LogP) is 3.09. The summed E-state index contributed by atoms with van der Waals surface area (Å²) in [6.07, 6.45) is 2.64. The zero-order valence-electron chi connectivity index (χ0n) is 8.41. The molecule has 15 heavy (non-hydrogen) atoms. The lowest BCUT2D eigenvalue weighted by atomic mass is 10.0. The van der Waals surface area contributed by atoms with Gasteiger partial charge in [0.25, 0.3) is 0 Å². The molecule has 1 fully saturated rings. The molecule has 80 valence electrons. The lowest BCUT2D eigenvalue weighted by molar-refractivity contribution is 0.0775. The molecule has 0 bridgehead atoms. The second-order valence-electron chi connectivity index (χ2n) is 3.77. The van der Waals surface area contributed by atoms with E-state index in [4.69, 9.17) is 16.3 Å². The van der Waals surface area contributed by atoms with Crippen molar-refractivity contribution in [1.29, 1.82) is 0 Å². The lowest BCUT2D eigenvalue weighted by Gasteiger charge is -2.07. The van der Waals surface area contributed by atoms with Crippen molar-refractivity contribution in [3.8, 4) is 0 Å². The molecular weight excluding hydrogens is 212 g/mol. The fourth-order valence-electron chi connectivity index (χ4n) is 1.79. The molecule has 1 saturated heterocycles. The highest BCUT2D eigenvalue weighted by molar-refractivity contribution is 6.31. The van der Waals surface area contributed by atoms with Crippen molar-refractivity contribution in [2.45, 2.75) is 25.4 Å². The number of hydrogen-bond donors (Lipinski definition) is 0. The number of ether oxygens (including phenoxy) is 1. The molecular formula is C12H13ClO2. The summed E-state index contributed by atoms with van der Waals surface area (Å²) in [5.74, 6) is 0.115. The third-order valence-electron chi connectivity index (χ3n) is 2.58. The van der Waals surface area contributed by atoms with Crippen LogP contribution in [0, 0.1) is 0 Å². The van der Waals surface area contributed by atoms with Crippen LogP contribution in [-0.2, 0) is 4.74 Å². The summed E-state index contributed by atoms with van der Waals surface area (Å²) >= 11 is 5.82. The Morgan fingerprint density at radius 2 is 2.40 bits per heavy atom. The van der Waals surface area contributed by atoms with Gasteiger partial charge in [0, 0.05) is 23.6 Å². The van der Waals surface area contributed by atoms with Crippen LogP contribution in [0.15, 0.2) is 24.3 Å². The van der Waals surface area contributed by atoms with Crippen LogP contribution < -0.4 is 0 Å². The van der Waals surface area contributed by atoms with E-state index in [1.807, 2.05) is 0 Å². The SMILES string of the molecule is O=C(CC1CCCO1)c1cccc(Cl)c1. The number of carbonyl (C=O) groups is 1. The molecule has 0 N–H and O–H groups in total. The average Bonchev–Trinajstić information content (AvgIpc) is 2.70. The maximum absolute atomic E-state index is 11.8. The summed E-state index contributed by atoms with van der Waals surface area (Å²) < 4.78 is 5.42. The standard InChI is InChI=1S/C12H13ClO2/c13-10-4-1-3-9(7-10)12(14)8-11-5-2-6-15-11/h1,3-4,7,11H,2,5-6,8H2. The first-order valence-corrected chi connectivity index (χ1v) is 5.54. The fraction of sp³-hybridized carbons (Fsp3) is 0.417. The molecule has 3 heteroatoms. The highest BCUT2D eigenvalue weighted by Crippen LogP contribution is 2.19. The first kappa shape index (κ1) is 10.7. The number of halogens is 1. The van der Waals surface area contributed by atoms with Crippen molar-refractivity contribution < 1.29 is 9.53 Å². The molecule has 1 aliphatic rings. The highest BCUT2D eigenvalue weighted by atomic mass is 35.5. The Bertz CT molecular complexity index is 356. The van der Waals surface area contributed by atoms with E-state index in [1.54, 1.807) is 24.3 Å². The van der Waals surface area contributed by atoms with Gasteiger partial charge in [0.2, 0.25) is 0 Å². The molecule has 0 aromatic heterocycles. The van der Waals surface area contributed by atoms with E-state index in [-0.39, 0.29) is 11.9 Å². The van der Waals surface area contributed by atoms with Crippen molar-refractivity contribution in [3.63, 3.8) is 0 Å². The molecule has 0 radical (unpaired) electrons. The van der Waals surface area contributed by atoms with Gasteiger partial charge in [-0.05, 0) is 25.0 Å². The van der Waals surface area contributed by atoms with Crippen molar-refractivity contribution in [1.82, 2.24) is 0 Å². The zero-order chi connectivity index (χ0) is 10.7. The molecule has 1 aromatic rings. The molecule has 0 saturated carbocycles.